The van der Waals surface area contributed by atoms with Crippen LogP contribution in [0, 0.1) is 0 Å². The summed E-state index contributed by atoms with van der Waals surface area (Å²) in [5.41, 5.74) is 4.46. The predicted molar refractivity (Wildman–Crippen MR) is 217 cm³/mol. The SMILES string of the molecule is COC(=O)CCNC(=O)[C@H](Cc1cc(CN(Cc2ccccn2)Cc2ccccn2)c(O)c(CN(Cc2ccccn2)Cc2ccccn2)c1)NC(=O)OC(C)(C)C. The Balaban J connectivity index is 1.54. The second-order valence-electron chi connectivity index (χ2n) is 14.9. The van der Waals surface area contributed by atoms with Crippen LogP contribution in [0.5, 0.6) is 5.75 Å². The maximum atomic E-state index is 13.7. The molecule has 5 rings (SSSR count). The van der Waals surface area contributed by atoms with Crippen LogP contribution in [0.25, 0.3) is 0 Å². The van der Waals surface area contributed by atoms with E-state index in [4.69, 9.17) is 9.47 Å². The van der Waals surface area contributed by atoms with Crippen LogP contribution >= 0.6 is 0 Å². The lowest BCUT2D eigenvalue weighted by molar-refractivity contribution is -0.140. The van der Waals surface area contributed by atoms with E-state index in [1.54, 1.807) is 45.6 Å². The number of ether oxygens (including phenoxy) is 2. The minimum Gasteiger partial charge on any atom is -0.507 e. The molecule has 58 heavy (non-hydrogen) atoms. The number of pyridine rings is 4. The Kier molecular flexibility index (Phi) is 15.8. The zero-order chi connectivity index (χ0) is 41.3. The van der Waals surface area contributed by atoms with Crippen molar-refractivity contribution in [2.45, 2.75) is 84.5 Å². The zero-order valence-electron chi connectivity index (χ0n) is 33.5. The number of nitrogens with one attached hydrogen (secondary N) is 2. The number of rotatable bonds is 19. The van der Waals surface area contributed by atoms with Crippen LogP contribution in [0.1, 0.15) is 66.7 Å². The molecule has 0 fully saturated rings. The van der Waals surface area contributed by atoms with Crippen molar-refractivity contribution in [3.8, 4) is 5.75 Å². The van der Waals surface area contributed by atoms with Crippen molar-refractivity contribution in [2.75, 3.05) is 13.7 Å². The van der Waals surface area contributed by atoms with E-state index in [0.717, 1.165) is 22.8 Å². The van der Waals surface area contributed by atoms with Gasteiger partial charge in [0.2, 0.25) is 5.91 Å². The number of carbonyl (C=O) groups is 3. The van der Waals surface area contributed by atoms with E-state index in [1.807, 2.05) is 84.9 Å². The van der Waals surface area contributed by atoms with Gasteiger partial charge in [-0.3, -0.25) is 39.3 Å². The van der Waals surface area contributed by atoms with Gasteiger partial charge >= 0.3 is 12.1 Å². The Morgan fingerprint density at radius 2 is 1.12 bits per heavy atom. The summed E-state index contributed by atoms with van der Waals surface area (Å²) < 4.78 is 10.3. The van der Waals surface area contributed by atoms with Gasteiger partial charge in [-0.25, -0.2) is 4.79 Å². The van der Waals surface area contributed by atoms with Gasteiger partial charge in [-0.2, -0.15) is 0 Å². The summed E-state index contributed by atoms with van der Waals surface area (Å²) >= 11 is 0. The number of phenols is 1. The number of aromatic nitrogens is 4. The number of alkyl carbamates (subject to hydrolysis) is 1. The molecular weight excluding hydrogens is 737 g/mol. The van der Waals surface area contributed by atoms with Gasteiger partial charge in [-0.15, -0.1) is 0 Å². The molecule has 0 aliphatic rings. The summed E-state index contributed by atoms with van der Waals surface area (Å²) in [6.07, 6.45) is 6.22. The first-order valence-electron chi connectivity index (χ1n) is 19.2. The molecule has 0 unspecified atom stereocenters. The molecule has 0 bridgehead atoms. The van der Waals surface area contributed by atoms with Crippen molar-refractivity contribution in [2.24, 2.45) is 0 Å². The van der Waals surface area contributed by atoms with Crippen molar-refractivity contribution >= 4 is 18.0 Å². The topological polar surface area (TPSA) is 172 Å². The van der Waals surface area contributed by atoms with E-state index in [9.17, 15) is 19.5 Å². The minimum atomic E-state index is -1.09. The van der Waals surface area contributed by atoms with E-state index in [0.29, 0.717) is 56.0 Å². The van der Waals surface area contributed by atoms with Crippen LogP contribution in [0.3, 0.4) is 0 Å². The zero-order valence-corrected chi connectivity index (χ0v) is 33.5. The van der Waals surface area contributed by atoms with Gasteiger partial charge in [-0.05, 0) is 74.9 Å². The fourth-order valence-electron chi connectivity index (χ4n) is 6.30. The number of carbonyl (C=O) groups excluding carboxylic acids is 3. The van der Waals surface area contributed by atoms with Crippen molar-refractivity contribution in [3.63, 3.8) is 0 Å². The molecule has 0 saturated heterocycles. The molecule has 4 heterocycles. The second kappa shape index (κ2) is 21.3. The van der Waals surface area contributed by atoms with Crippen molar-refractivity contribution < 1.29 is 29.0 Å². The fourth-order valence-corrected chi connectivity index (χ4v) is 6.30. The molecule has 1 aromatic carbocycles. The third kappa shape index (κ3) is 14.4. The molecule has 1 atom stereocenters. The third-order valence-corrected chi connectivity index (χ3v) is 8.87. The van der Waals surface area contributed by atoms with Gasteiger partial charge in [0.25, 0.3) is 0 Å². The van der Waals surface area contributed by atoms with Gasteiger partial charge in [0.05, 0.1) is 36.3 Å². The number of esters is 1. The largest absolute Gasteiger partial charge is 0.507 e. The molecule has 304 valence electrons. The number of amides is 2. The summed E-state index contributed by atoms with van der Waals surface area (Å²) in [7, 11) is 1.28. The molecule has 0 spiro atoms. The molecule has 14 heteroatoms. The summed E-state index contributed by atoms with van der Waals surface area (Å²) in [4.78, 5) is 61.2. The van der Waals surface area contributed by atoms with E-state index < -0.39 is 29.6 Å². The lowest BCUT2D eigenvalue weighted by atomic mass is 9.97. The standard InChI is InChI=1S/C44H52N8O6/c1-44(2,3)58-43(56)50-39(42(55)49-22-17-40(53)57-4)25-32-23-33(26-51(28-35-13-5-9-18-45-35)29-36-14-6-10-19-46-36)41(54)34(24-32)27-52(30-37-15-7-11-20-47-37)31-38-16-8-12-21-48-38/h5-16,18-21,23-24,39,54H,17,22,25-31H2,1-4H3,(H,49,55)(H,50,56)/t39-/m0/s1. The number of nitrogens with zero attached hydrogens (tertiary/aromatic N) is 6. The Labute approximate surface area is 339 Å². The van der Waals surface area contributed by atoms with Crippen molar-refractivity contribution in [1.29, 1.82) is 0 Å². The average molecular weight is 789 g/mol. The molecule has 2 amide bonds. The number of methoxy groups -OCH3 is 1. The van der Waals surface area contributed by atoms with E-state index in [2.05, 4.69) is 40.4 Å². The maximum absolute atomic E-state index is 13.7. The van der Waals surface area contributed by atoms with E-state index in [-0.39, 0.29) is 25.1 Å². The lowest BCUT2D eigenvalue weighted by Gasteiger charge is -2.27. The third-order valence-electron chi connectivity index (χ3n) is 8.87. The van der Waals surface area contributed by atoms with Crippen LogP contribution in [0.2, 0.25) is 0 Å². The van der Waals surface area contributed by atoms with Crippen LogP contribution in [-0.2, 0) is 64.8 Å². The van der Waals surface area contributed by atoms with Crippen LogP contribution in [0.15, 0.2) is 110 Å². The molecule has 0 radical (unpaired) electrons. The van der Waals surface area contributed by atoms with Crippen LogP contribution in [0.4, 0.5) is 4.79 Å². The highest BCUT2D eigenvalue weighted by atomic mass is 16.6. The Morgan fingerprint density at radius 3 is 1.48 bits per heavy atom. The van der Waals surface area contributed by atoms with Gasteiger partial charge < -0.3 is 25.2 Å². The maximum Gasteiger partial charge on any atom is 0.408 e. The highest BCUT2D eigenvalue weighted by Gasteiger charge is 2.27. The van der Waals surface area contributed by atoms with Crippen molar-refractivity contribution in [1.82, 2.24) is 40.4 Å². The normalized spacial score (nSPS) is 11.9. The molecular formula is C44H52N8O6. The average Bonchev–Trinajstić information content (AvgIpc) is 3.20. The highest BCUT2D eigenvalue weighted by Crippen LogP contribution is 2.30. The van der Waals surface area contributed by atoms with Gasteiger partial charge in [0.15, 0.2) is 0 Å². The summed E-state index contributed by atoms with van der Waals surface area (Å²) in [5.74, 6) is -0.890. The Morgan fingerprint density at radius 1 is 0.690 bits per heavy atom. The van der Waals surface area contributed by atoms with Gasteiger partial charge in [0.1, 0.15) is 17.4 Å². The molecule has 0 aliphatic heterocycles. The minimum absolute atomic E-state index is 0.0100. The number of aromatic hydroxyl groups is 1. The summed E-state index contributed by atoms with van der Waals surface area (Å²) in [6, 6.07) is 25.6. The smallest absolute Gasteiger partial charge is 0.408 e. The lowest BCUT2D eigenvalue weighted by Crippen LogP contribution is -2.49. The summed E-state index contributed by atoms with van der Waals surface area (Å²) in [5, 5.41) is 17.6. The molecule has 3 N–H and O–H groups in total. The molecule has 0 aliphatic carbocycles. The highest BCUT2D eigenvalue weighted by molar-refractivity contribution is 5.86. The molecule has 5 aromatic rings. The Hall–Kier alpha value is -6.25. The number of hydrogen-bond acceptors (Lipinski definition) is 12. The Bertz CT molecular complexity index is 1860. The molecule has 4 aromatic heterocycles. The predicted octanol–water partition coefficient (Wildman–Crippen LogP) is 5.49. The van der Waals surface area contributed by atoms with E-state index >= 15 is 0 Å². The first kappa shape index (κ1) is 42.9. The second-order valence-corrected chi connectivity index (χ2v) is 14.9. The number of phenolic OH excluding ortho intramolecular Hbond substituents is 1. The number of benzene rings is 1. The fraction of sp³-hybridized carbons (Fsp3) is 0.341. The van der Waals surface area contributed by atoms with Crippen LogP contribution in [-0.4, -0.2) is 78.1 Å². The molecule has 0 saturated carbocycles. The van der Waals surface area contributed by atoms with E-state index in [1.165, 1.54) is 7.11 Å². The first-order chi connectivity index (χ1) is 27.9. The summed E-state index contributed by atoms with van der Waals surface area (Å²) in [6.45, 7) is 7.68. The first-order valence-corrected chi connectivity index (χ1v) is 19.2. The molecule has 14 nitrogen and oxygen atoms in total. The van der Waals surface area contributed by atoms with Gasteiger partial charge in [0, 0.05) is 88.1 Å². The quantitative estimate of drug-likeness (QED) is 0.0901. The monoisotopic (exact) mass is 788 g/mol. The number of hydrogen-bond donors (Lipinski definition) is 3. The van der Waals surface area contributed by atoms with Crippen molar-refractivity contribution in [3.05, 3.63) is 149 Å². The van der Waals surface area contributed by atoms with Gasteiger partial charge in [-0.1, -0.05) is 36.4 Å². The van der Waals surface area contributed by atoms with Crippen LogP contribution < -0.4 is 10.6 Å².